The number of fused-ring (bicyclic) bond motifs is 1. The monoisotopic (exact) mass is 359 g/mol. The average molecular weight is 359 g/mol. The summed E-state index contributed by atoms with van der Waals surface area (Å²) in [5.41, 5.74) is 7.15. The van der Waals surface area contributed by atoms with Crippen LogP contribution in [-0.2, 0) is 0 Å². The third-order valence-electron chi connectivity index (χ3n) is 4.83. The van der Waals surface area contributed by atoms with Crippen LogP contribution in [0.2, 0.25) is 0 Å². The molecule has 0 aliphatic rings. The topological polar surface area (TPSA) is 38.7 Å². The van der Waals surface area contributed by atoms with Gasteiger partial charge in [0.15, 0.2) is 0 Å². The fourth-order valence-corrected chi connectivity index (χ4v) is 3.60. The molecule has 0 amide bonds. The number of hydrogen-bond acceptors (Lipinski definition) is 3. The van der Waals surface area contributed by atoms with Crippen molar-refractivity contribution in [3.8, 4) is 33.6 Å². The van der Waals surface area contributed by atoms with Gasteiger partial charge in [-0.05, 0) is 35.9 Å². The van der Waals surface area contributed by atoms with Crippen molar-refractivity contribution in [2.45, 2.75) is 0 Å². The Kier molecular flexibility index (Phi) is 4.11. The molecule has 3 nitrogen and oxygen atoms in total. The lowest BCUT2D eigenvalue weighted by Crippen LogP contribution is -1.97. The summed E-state index contributed by atoms with van der Waals surface area (Å²) in [5, 5.41) is 1.12. The molecule has 28 heavy (non-hydrogen) atoms. The van der Waals surface area contributed by atoms with E-state index in [0.717, 1.165) is 44.5 Å². The second-order valence-corrected chi connectivity index (χ2v) is 6.54. The zero-order chi connectivity index (χ0) is 18.8. The molecule has 2 aromatic carbocycles. The Morgan fingerprint density at radius 1 is 0.536 bits per heavy atom. The Morgan fingerprint density at radius 2 is 1.29 bits per heavy atom. The predicted molar refractivity (Wildman–Crippen MR) is 114 cm³/mol. The minimum absolute atomic E-state index is 0.909. The third-order valence-corrected chi connectivity index (χ3v) is 4.83. The molecular formula is C25H17N3. The van der Waals surface area contributed by atoms with E-state index < -0.39 is 0 Å². The van der Waals surface area contributed by atoms with Crippen LogP contribution in [0, 0.1) is 0 Å². The highest BCUT2D eigenvalue weighted by Crippen LogP contribution is 2.42. The number of benzene rings is 2. The van der Waals surface area contributed by atoms with Crippen LogP contribution >= 0.6 is 0 Å². The molecule has 0 unspecified atom stereocenters. The van der Waals surface area contributed by atoms with E-state index in [-0.39, 0.29) is 0 Å². The zero-order valence-corrected chi connectivity index (χ0v) is 15.2. The summed E-state index contributed by atoms with van der Waals surface area (Å²) >= 11 is 0. The van der Waals surface area contributed by atoms with Crippen molar-refractivity contribution in [2.75, 3.05) is 0 Å². The first-order chi connectivity index (χ1) is 13.9. The lowest BCUT2D eigenvalue weighted by atomic mass is 9.90. The summed E-state index contributed by atoms with van der Waals surface area (Å²) in [6.07, 6.45) is 5.43. The Labute approximate surface area is 163 Å². The Bertz CT molecular complexity index is 1230. The fraction of sp³-hybridized carbons (Fsp3) is 0. The summed E-state index contributed by atoms with van der Waals surface area (Å²) in [6, 6.07) is 28.7. The van der Waals surface area contributed by atoms with Crippen molar-refractivity contribution in [2.24, 2.45) is 0 Å². The van der Waals surface area contributed by atoms with E-state index in [1.165, 1.54) is 0 Å². The van der Waals surface area contributed by atoms with Gasteiger partial charge in [-0.15, -0.1) is 0 Å². The Hall–Kier alpha value is -3.85. The van der Waals surface area contributed by atoms with Crippen LogP contribution < -0.4 is 0 Å². The molecule has 0 aliphatic heterocycles. The van der Waals surface area contributed by atoms with Crippen LogP contribution in [-0.4, -0.2) is 15.0 Å². The smallest absolute Gasteiger partial charge is 0.0811 e. The van der Waals surface area contributed by atoms with Gasteiger partial charge in [0.05, 0.1) is 16.9 Å². The van der Waals surface area contributed by atoms with E-state index >= 15 is 0 Å². The van der Waals surface area contributed by atoms with Crippen molar-refractivity contribution < 1.29 is 0 Å². The first-order valence-electron chi connectivity index (χ1n) is 9.22. The van der Waals surface area contributed by atoms with Crippen LogP contribution in [0.25, 0.3) is 44.5 Å². The lowest BCUT2D eigenvalue weighted by Gasteiger charge is -2.17. The molecule has 0 bridgehead atoms. The number of para-hydroxylation sites is 1. The standard InChI is InChI=1S/C25H17N3/c1-2-8-18(9-3-1)23-20-10-4-5-11-21(20)28-25(19-13-16-26-17-14-19)24(23)22-12-6-7-15-27-22/h1-17H. The molecule has 0 radical (unpaired) electrons. The SMILES string of the molecule is c1ccc(-c2c(-c3ccccn3)c(-c3ccncc3)nc3ccccc23)cc1. The van der Waals surface area contributed by atoms with Gasteiger partial charge >= 0.3 is 0 Å². The highest BCUT2D eigenvalue weighted by molar-refractivity contribution is 6.06. The van der Waals surface area contributed by atoms with Gasteiger partial charge in [-0.1, -0.05) is 54.6 Å². The first-order valence-corrected chi connectivity index (χ1v) is 9.22. The van der Waals surface area contributed by atoms with Crippen LogP contribution in [0.3, 0.4) is 0 Å². The summed E-state index contributed by atoms with van der Waals surface area (Å²) in [6.45, 7) is 0. The van der Waals surface area contributed by atoms with Gasteiger partial charge in [-0.25, -0.2) is 4.98 Å². The van der Waals surface area contributed by atoms with Crippen molar-refractivity contribution in [1.29, 1.82) is 0 Å². The van der Waals surface area contributed by atoms with E-state index in [1.807, 2.05) is 48.7 Å². The molecule has 0 saturated carbocycles. The molecule has 0 saturated heterocycles. The van der Waals surface area contributed by atoms with E-state index in [4.69, 9.17) is 4.98 Å². The van der Waals surface area contributed by atoms with Crippen LogP contribution in [0.1, 0.15) is 0 Å². The summed E-state index contributed by atoms with van der Waals surface area (Å²) in [5.74, 6) is 0. The maximum Gasteiger partial charge on any atom is 0.0811 e. The average Bonchev–Trinajstić information content (AvgIpc) is 2.79. The zero-order valence-electron chi connectivity index (χ0n) is 15.2. The van der Waals surface area contributed by atoms with Gasteiger partial charge in [-0.3, -0.25) is 9.97 Å². The molecule has 132 valence electrons. The minimum atomic E-state index is 0.909. The van der Waals surface area contributed by atoms with E-state index in [2.05, 4.69) is 52.4 Å². The number of hydrogen-bond donors (Lipinski definition) is 0. The molecule has 3 heterocycles. The molecule has 0 fully saturated rings. The molecule has 0 spiro atoms. The van der Waals surface area contributed by atoms with Crippen molar-refractivity contribution in [3.05, 3.63) is 104 Å². The quantitative estimate of drug-likeness (QED) is 0.395. The van der Waals surface area contributed by atoms with Crippen LogP contribution in [0.5, 0.6) is 0 Å². The number of nitrogens with zero attached hydrogens (tertiary/aromatic N) is 3. The predicted octanol–water partition coefficient (Wildman–Crippen LogP) is 6.03. The van der Waals surface area contributed by atoms with Gasteiger partial charge in [-0.2, -0.15) is 0 Å². The van der Waals surface area contributed by atoms with Gasteiger partial charge in [0.2, 0.25) is 0 Å². The summed E-state index contributed by atoms with van der Waals surface area (Å²) in [4.78, 5) is 13.9. The van der Waals surface area contributed by atoms with Crippen LogP contribution in [0.4, 0.5) is 0 Å². The van der Waals surface area contributed by atoms with Crippen molar-refractivity contribution in [1.82, 2.24) is 15.0 Å². The molecule has 5 aromatic rings. The number of aromatic nitrogens is 3. The highest BCUT2D eigenvalue weighted by atomic mass is 14.7. The molecule has 3 aromatic heterocycles. The second-order valence-electron chi connectivity index (χ2n) is 6.54. The van der Waals surface area contributed by atoms with Crippen molar-refractivity contribution >= 4 is 10.9 Å². The highest BCUT2D eigenvalue weighted by Gasteiger charge is 2.19. The lowest BCUT2D eigenvalue weighted by molar-refractivity contribution is 1.29. The molecule has 3 heteroatoms. The van der Waals surface area contributed by atoms with Gasteiger partial charge < -0.3 is 0 Å². The van der Waals surface area contributed by atoms with E-state index in [9.17, 15) is 0 Å². The number of rotatable bonds is 3. The third kappa shape index (κ3) is 2.83. The maximum atomic E-state index is 5.04. The second kappa shape index (κ2) is 7.05. The van der Waals surface area contributed by atoms with E-state index in [1.54, 1.807) is 12.4 Å². The molecule has 0 atom stereocenters. The minimum Gasteiger partial charge on any atom is -0.265 e. The Balaban J connectivity index is 1.97. The largest absolute Gasteiger partial charge is 0.265 e. The molecular weight excluding hydrogens is 342 g/mol. The van der Waals surface area contributed by atoms with E-state index in [0.29, 0.717) is 0 Å². The van der Waals surface area contributed by atoms with Crippen LogP contribution in [0.15, 0.2) is 104 Å². The van der Waals surface area contributed by atoms with Gasteiger partial charge in [0.1, 0.15) is 0 Å². The van der Waals surface area contributed by atoms with Gasteiger partial charge in [0, 0.05) is 40.7 Å². The van der Waals surface area contributed by atoms with Gasteiger partial charge in [0.25, 0.3) is 0 Å². The molecule has 0 aliphatic carbocycles. The summed E-state index contributed by atoms with van der Waals surface area (Å²) < 4.78 is 0. The normalized spacial score (nSPS) is 10.9. The summed E-state index contributed by atoms with van der Waals surface area (Å²) in [7, 11) is 0. The maximum absolute atomic E-state index is 5.04. The fourth-order valence-electron chi connectivity index (χ4n) is 3.60. The number of pyridine rings is 3. The van der Waals surface area contributed by atoms with Crippen molar-refractivity contribution in [3.63, 3.8) is 0 Å². The first kappa shape index (κ1) is 16.3. The Morgan fingerprint density at radius 3 is 2.07 bits per heavy atom. The molecule has 5 rings (SSSR count). The molecule has 0 N–H and O–H groups in total.